The molecule has 0 saturated heterocycles. The van der Waals surface area contributed by atoms with Crippen LogP contribution in [0.15, 0.2) is 48.0 Å². The first-order valence-corrected chi connectivity index (χ1v) is 5.84. The summed E-state index contributed by atoms with van der Waals surface area (Å²) in [7, 11) is 0. The van der Waals surface area contributed by atoms with Gasteiger partial charge in [0.1, 0.15) is 5.75 Å². The first-order chi connectivity index (χ1) is 7.84. The fourth-order valence-corrected chi connectivity index (χ4v) is 2.63. The lowest BCUT2D eigenvalue weighted by atomic mass is 10.1. The van der Waals surface area contributed by atoms with Crippen LogP contribution in [0.1, 0.15) is 0 Å². The molecular formula is C13H9NOS. The molecule has 0 unspecified atom stereocenters. The van der Waals surface area contributed by atoms with E-state index in [9.17, 15) is 5.11 Å². The smallest absolute Gasteiger partial charge is 0.115 e. The van der Waals surface area contributed by atoms with Crippen molar-refractivity contribution in [3.63, 3.8) is 0 Å². The van der Waals surface area contributed by atoms with Gasteiger partial charge in [0, 0.05) is 11.8 Å². The number of nitrogens with zero attached hydrogens (tertiary/aromatic N) is 1. The summed E-state index contributed by atoms with van der Waals surface area (Å²) in [5.74, 6) is 0.292. The van der Waals surface area contributed by atoms with Crippen molar-refractivity contribution < 1.29 is 5.11 Å². The number of benzene rings is 1. The summed E-state index contributed by atoms with van der Waals surface area (Å²) >= 11 is 1.69. The maximum Gasteiger partial charge on any atom is 0.115 e. The number of thiophene rings is 1. The highest BCUT2D eigenvalue weighted by Crippen LogP contribution is 2.31. The van der Waals surface area contributed by atoms with E-state index in [1.165, 1.54) is 10.3 Å². The van der Waals surface area contributed by atoms with E-state index in [1.54, 1.807) is 23.5 Å². The maximum absolute atomic E-state index is 9.27. The van der Waals surface area contributed by atoms with Gasteiger partial charge < -0.3 is 5.11 Å². The van der Waals surface area contributed by atoms with Gasteiger partial charge in [-0.1, -0.05) is 12.1 Å². The Bertz CT molecular complexity index is 628. The molecule has 0 aliphatic carbocycles. The number of hydrogen-bond donors (Lipinski definition) is 1. The molecule has 2 heterocycles. The lowest BCUT2D eigenvalue weighted by Crippen LogP contribution is -1.79. The zero-order valence-electron chi connectivity index (χ0n) is 8.42. The first-order valence-electron chi connectivity index (χ1n) is 4.96. The van der Waals surface area contributed by atoms with E-state index in [0.29, 0.717) is 5.75 Å². The summed E-state index contributed by atoms with van der Waals surface area (Å²) in [6.07, 6.45) is 1.82. The number of aromatic hydroxyl groups is 1. The molecule has 0 fully saturated rings. The van der Waals surface area contributed by atoms with Gasteiger partial charge in [0.2, 0.25) is 0 Å². The number of hydrogen-bond acceptors (Lipinski definition) is 3. The van der Waals surface area contributed by atoms with Gasteiger partial charge in [0.15, 0.2) is 0 Å². The second-order valence-corrected chi connectivity index (χ2v) is 4.46. The van der Waals surface area contributed by atoms with Gasteiger partial charge in [-0.25, -0.2) is 0 Å². The highest BCUT2D eigenvalue weighted by atomic mass is 32.1. The molecule has 1 N–H and O–H groups in total. The van der Waals surface area contributed by atoms with Crippen molar-refractivity contribution >= 4 is 21.6 Å². The van der Waals surface area contributed by atoms with Crippen molar-refractivity contribution in [1.82, 2.24) is 4.98 Å². The van der Waals surface area contributed by atoms with Crippen LogP contribution in [0.2, 0.25) is 0 Å². The number of pyridine rings is 1. The van der Waals surface area contributed by atoms with Gasteiger partial charge in [-0.3, -0.25) is 4.98 Å². The second kappa shape index (κ2) is 3.61. The molecule has 3 heteroatoms. The Morgan fingerprint density at radius 1 is 1.00 bits per heavy atom. The van der Waals surface area contributed by atoms with E-state index >= 15 is 0 Å². The van der Waals surface area contributed by atoms with Crippen LogP contribution in [-0.2, 0) is 0 Å². The third-order valence-corrected chi connectivity index (χ3v) is 3.46. The highest BCUT2D eigenvalue weighted by Gasteiger charge is 2.05. The molecule has 0 radical (unpaired) electrons. The fraction of sp³-hybridized carbons (Fsp3) is 0. The monoisotopic (exact) mass is 227 g/mol. The average molecular weight is 227 g/mol. The second-order valence-electron chi connectivity index (χ2n) is 3.54. The molecule has 78 valence electrons. The van der Waals surface area contributed by atoms with Crippen molar-refractivity contribution in [2.45, 2.75) is 0 Å². The van der Waals surface area contributed by atoms with Crippen LogP contribution in [0.4, 0.5) is 0 Å². The summed E-state index contributed by atoms with van der Waals surface area (Å²) < 4.78 is 1.19. The molecule has 3 aromatic rings. The van der Waals surface area contributed by atoms with Crippen LogP contribution >= 0.6 is 11.3 Å². The molecular weight excluding hydrogens is 218 g/mol. The van der Waals surface area contributed by atoms with Crippen molar-refractivity contribution in [3.05, 3.63) is 48.0 Å². The minimum atomic E-state index is 0.292. The molecule has 0 aliphatic heterocycles. The van der Waals surface area contributed by atoms with Gasteiger partial charge in [0.05, 0.1) is 10.2 Å². The van der Waals surface area contributed by atoms with Gasteiger partial charge in [-0.2, -0.15) is 0 Å². The van der Waals surface area contributed by atoms with E-state index in [0.717, 1.165) is 11.1 Å². The highest BCUT2D eigenvalue weighted by molar-refractivity contribution is 7.17. The quantitative estimate of drug-likeness (QED) is 0.688. The van der Waals surface area contributed by atoms with Crippen molar-refractivity contribution in [2.24, 2.45) is 0 Å². The maximum atomic E-state index is 9.27. The van der Waals surface area contributed by atoms with Crippen LogP contribution in [-0.4, -0.2) is 10.1 Å². The third kappa shape index (κ3) is 1.46. The summed E-state index contributed by atoms with van der Waals surface area (Å²) in [5, 5.41) is 11.3. The number of fused-ring (bicyclic) bond motifs is 1. The molecule has 2 nitrogen and oxygen atoms in total. The summed E-state index contributed by atoms with van der Waals surface area (Å²) in [6, 6.07) is 11.3. The largest absolute Gasteiger partial charge is 0.508 e. The Kier molecular flexibility index (Phi) is 2.11. The Morgan fingerprint density at radius 2 is 1.81 bits per heavy atom. The molecule has 3 rings (SSSR count). The van der Waals surface area contributed by atoms with E-state index in [2.05, 4.69) is 4.98 Å². The number of aromatic nitrogens is 1. The molecule has 1 aromatic carbocycles. The molecule has 0 saturated carbocycles. The molecule has 16 heavy (non-hydrogen) atoms. The van der Waals surface area contributed by atoms with Crippen LogP contribution in [0.3, 0.4) is 0 Å². The molecule has 2 aromatic heterocycles. The average Bonchev–Trinajstić information content (AvgIpc) is 2.78. The summed E-state index contributed by atoms with van der Waals surface area (Å²) in [5.41, 5.74) is 3.29. The Morgan fingerprint density at radius 3 is 2.62 bits per heavy atom. The zero-order valence-corrected chi connectivity index (χ0v) is 9.24. The van der Waals surface area contributed by atoms with Crippen LogP contribution in [0, 0.1) is 0 Å². The first kappa shape index (κ1) is 9.36. The SMILES string of the molecule is Oc1ccc(-c2ccnc3ccsc23)cc1. The molecule has 0 spiro atoms. The summed E-state index contributed by atoms with van der Waals surface area (Å²) in [6.45, 7) is 0. The predicted molar refractivity (Wildman–Crippen MR) is 66.7 cm³/mol. The number of phenols is 1. The Balaban J connectivity index is 2.25. The minimum absolute atomic E-state index is 0.292. The lowest BCUT2D eigenvalue weighted by Gasteiger charge is -2.02. The molecule has 0 atom stereocenters. The van der Waals surface area contributed by atoms with Crippen molar-refractivity contribution in [2.75, 3.05) is 0 Å². The fourth-order valence-electron chi connectivity index (χ4n) is 1.74. The van der Waals surface area contributed by atoms with Crippen molar-refractivity contribution in [1.29, 1.82) is 0 Å². The predicted octanol–water partition coefficient (Wildman–Crippen LogP) is 3.67. The molecule has 0 aliphatic rings. The van der Waals surface area contributed by atoms with E-state index in [4.69, 9.17) is 0 Å². The van der Waals surface area contributed by atoms with Crippen molar-refractivity contribution in [3.8, 4) is 16.9 Å². The van der Waals surface area contributed by atoms with Crippen LogP contribution in [0.25, 0.3) is 21.3 Å². The lowest BCUT2D eigenvalue weighted by molar-refractivity contribution is 0.475. The Hall–Kier alpha value is -1.87. The zero-order chi connectivity index (χ0) is 11.0. The van der Waals surface area contributed by atoms with Gasteiger partial charge >= 0.3 is 0 Å². The normalized spacial score (nSPS) is 10.8. The number of phenolic OH excluding ortho intramolecular Hbond substituents is 1. The standard InChI is InChI=1S/C13H9NOS/c15-10-3-1-9(2-4-10)11-5-7-14-12-6-8-16-13(11)12/h1-8,15H. The van der Waals surface area contributed by atoms with E-state index < -0.39 is 0 Å². The van der Waals surface area contributed by atoms with E-state index in [-0.39, 0.29) is 0 Å². The van der Waals surface area contributed by atoms with Gasteiger partial charge in [-0.15, -0.1) is 11.3 Å². The van der Waals surface area contributed by atoms with E-state index in [1.807, 2.05) is 35.8 Å². The van der Waals surface area contributed by atoms with Gasteiger partial charge in [-0.05, 0) is 35.2 Å². The van der Waals surface area contributed by atoms with Crippen LogP contribution < -0.4 is 0 Å². The van der Waals surface area contributed by atoms with Gasteiger partial charge in [0.25, 0.3) is 0 Å². The topological polar surface area (TPSA) is 33.1 Å². The molecule has 0 bridgehead atoms. The third-order valence-electron chi connectivity index (χ3n) is 2.52. The van der Waals surface area contributed by atoms with Crippen LogP contribution in [0.5, 0.6) is 5.75 Å². The Labute approximate surface area is 96.8 Å². The number of rotatable bonds is 1. The summed E-state index contributed by atoms with van der Waals surface area (Å²) in [4.78, 5) is 4.31. The molecule has 0 amide bonds. The minimum Gasteiger partial charge on any atom is -0.508 e.